The van der Waals surface area contributed by atoms with E-state index in [-0.39, 0.29) is 0 Å². The van der Waals surface area contributed by atoms with E-state index in [1.165, 1.54) is 47.1 Å². The monoisotopic (exact) mass is 264 g/mol. The molecule has 0 fully saturated rings. The number of aliphatic hydroxyl groups is 1. The highest BCUT2D eigenvalue weighted by molar-refractivity contribution is 5.39. The lowest BCUT2D eigenvalue weighted by Gasteiger charge is -2.22. The molecule has 2 aliphatic carbocycles. The molecule has 0 bridgehead atoms. The zero-order chi connectivity index (χ0) is 13.6. The summed E-state index contributed by atoms with van der Waals surface area (Å²) in [6.45, 7) is 0. The maximum atomic E-state index is 10.9. The summed E-state index contributed by atoms with van der Waals surface area (Å²) >= 11 is 0. The third-order valence-corrected chi connectivity index (χ3v) is 4.85. The van der Waals surface area contributed by atoms with E-state index in [4.69, 9.17) is 0 Å². The molecule has 0 saturated carbocycles. The summed E-state index contributed by atoms with van der Waals surface area (Å²) in [6.07, 6.45) is 6.08. The van der Waals surface area contributed by atoms with Gasteiger partial charge in [-0.25, -0.2) is 0 Å². The van der Waals surface area contributed by atoms with E-state index in [9.17, 15) is 5.11 Å². The van der Waals surface area contributed by atoms with E-state index in [1.54, 1.807) is 0 Å². The van der Waals surface area contributed by atoms with Gasteiger partial charge in [0.05, 0.1) is 5.60 Å². The molecule has 0 unspecified atom stereocenters. The fraction of sp³-hybridized carbons (Fsp3) is 0.368. The van der Waals surface area contributed by atoms with Crippen molar-refractivity contribution in [2.75, 3.05) is 0 Å². The normalized spacial score (nSPS) is 18.9. The minimum absolute atomic E-state index is 0.587. The first-order valence-corrected chi connectivity index (χ1v) is 7.62. The highest BCUT2D eigenvalue weighted by atomic mass is 16.3. The van der Waals surface area contributed by atoms with E-state index in [0.717, 1.165) is 19.3 Å². The number of benzene rings is 2. The standard InChI is InChI=1S/C19H20O/c20-19(12-17-4-1-2-5-18(17)13-19)11-14-8-9-15-6-3-7-16(15)10-14/h1-2,4-5,8-10,20H,3,6-7,11-13H2. The highest BCUT2D eigenvalue weighted by Crippen LogP contribution is 2.33. The fourth-order valence-electron chi connectivity index (χ4n) is 3.91. The Morgan fingerprint density at radius 3 is 2.30 bits per heavy atom. The van der Waals surface area contributed by atoms with Crippen molar-refractivity contribution in [2.24, 2.45) is 0 Å². The molecule has 4 rings (SSSR count). The molecule has 0 heterocycles. The van der Waals surface area contributed by atoms with Crippen molar-refractivity contribution in [2.45, 2.75) is 44.1 Å². The van der Waals surface area contributed by atoms with Crippen LogP contribution < -0.4 is 0 Å². The van der Waals surface area contributed by atoms with Gasteiger partial charge in [0.2, 0.25) is 0 Å². The van der Waals surface area contributed by atoms with Crippen molar-refractivity contribution in [3.05, 3.63) is 70.3 Å². The minimum atomic E-state index is -0.587. The Morgan fingerprint density at radius 1 is 0.850 bits per heavy atom. The van der Waals surface area contributed by atoms with Gasteiger partial charge < -0.3 is 5.11 Å². The van der Waals surface area contributed by atoms with Crippen LogP contribution in [0.25, 0.3) is 0 Å². The molecule has 1 heteroatoms. The molecular formula is C19H20O. The van der Waals surface area contributed by atoms with Gasteiger partial charge in [-0.1, -0.05) is 42.5 Å². The van der Waals surface area contributed by atoms with Crippen LogP contribution in [0.5, 0.6) is 0 Å². The largest absolute Gasteiger partial charge is 0.389 e. The molecule has 0 aromatic heterocycles. The Labute approximate surface area is 120 Å². The van der Waals surface area contributed by atoms with Crippen molar-refractivity contribution in [1.29, 1.82) is 0 Å². The SMILES string of the molecule is OC1(Cc2ccc3c(c2)CCC3)Cc2ccccc2C1. The van der Waals surface area contributed by atoms with Crippen LogP contribution in [0.3, 0.4) is 0 Å². The van der Waals surface area contributed by atoms with Crippen LogP contribution in [0.2, 0.25) is 0 Å². The topological polar surface area (TPSA) is 20.2 Å². The lowest BCUT2D eigenvalue weighted by molar-refractivity contribution is 0.0518. The van der Waals surface area contributed by atoms with Gasteiger partial charge in [0, 0.05) is 19.3 Å². The fourth-order valence-corrected chi connectivity index (χ4v) is 3.91. The number of aryl methyl sites for hydroxylation is 2. The molecule has 2 aliphatic rings. The first kappa shape index (κ1) is 12.2. The summed E-state index contributed by atoms with van der Waals surface area (Å²) in [5, 5.41) is 10.9. The molecule has 1 nitrogen and oxygen atoms in total. The Morgan fingerprint density at radius 2 is 1.55 bits per heavy atom. The molecule has 0 amide bonds. The van der Waals surface area contributed by atoms with Gasteiger partial charge >= 0.3 is 0 Å². The van der Waals surface area contributed by atoms with Crippen molar-refractivity contribution < 1.29 is 5.11 Å². The lowest BCUT2D eigenvalue weighted by Crippen LogP contribution is -2.32. The van der Waals surface area contributed by atoms with Crippen LogP contribution in [-0.4, -0.2) is 10.7 Å². The van der Waals surface area contributed by atoms with Crippen molar-refractivity contribution in [3.63, 3.8) is 0 Å². The predicted molar refractivity (Wildman–Crippen MR) is 81.0 cm³/mol. The molecule has 102 valence electrons. The molecule has 2 aromatic rings. The molecule has 2 aromatic carbocycles. The Hall–Kier alpha value is -1.60. The number of rotatable bonds is 2. The van der Waals surface area contributed by atoms with Crippen molar-refractivity contribution >= 4 is 0 Å². The highest BCUT2D eigenvalue weighted by Gasteiger charge is 2.35. The molecular weight excluding hydrogens is 244 g/mol. The Balaban J connectivity index is 1.58. The molecule has 0 atom stereocenters. The molecule has 0 saturated heterocycles. The Kier molecular flexibility index (Phi) is 2.71. The first-order chi connectivity index (χ1) is 9.72. The summed E-state index contributed by atoms with van der Waals surface area (Å²) in [5.74, 6) is 0. The molecule has 20 heavy (non-hydrogen) atoms. The second-order valence-corrected chi connectivity index (χ2v) is 6.48. The average Bonchev–Trinajstić information content (AvgIpc) is 3.00. The molecule has 0 radical (unpaired) electrons. The van der Waals surface area contributed by atoms with E-state index in [1.807, 2.05) is 0 Å². The van der Waals surface area contributed by atoms with Gasteiger partial charge in [0.25, 0.3) is 0 Å². The summed E-state index contributed by atoms with van der Waals surface area (Å²) in [7, 11) is 0. The van der Waals surface area contributed by atoms with Crippen LogP contribution in [0, 0.1) is 0 Å². The number of hydrogen-bond donors (Lipinski definition) is 1. The van der Waals surface area contributed by atoms with Gasteiger partial charge in [-0.3, -0.25) is 0 Å². The van der Waals surface area contributed by atoms with Crippen LogP contribution in [0.1, 0.15) is 34.2 Å². The lowest BCUT2D eigenvalue weighted by atomic mass is 9.90. The smallest absolute Gasteiger partial charge is 0.0768 e. The maximum absolute atomic E-state index is 10.9. The average molecular weight is 264 g/mol. The summed E-state index contributed by atoms with van der Waals surface area (Å²) in [4.78, 5) is 0. The predicted octanol–water partition coefficient (Wildman–Crippen LogP) is 3.25. The quantitative estimate of drug-likeness (QED) is 0.883. The third kappa shape index (κ3) is 2.06. The maximum Gasteiger partial charge on any atom is 0.0768 e. The van der Waals surface area contributed by atoms with Gasteiger partial charge in [0.1, 0.15) is 0 Å². The van der Waals surface area contributed by atoms with E-state index >= 15 is 0 Å². The second kappa shape index (κ2) is 4.46. The Bertz CT molecular complexity index is 632. The van der Waals surface area contributed by atoms with E-state index in [2.05, 4.69) is 42.5 Å². The number of fused-ring (bicyclic) bond motifs is 2. The zero-order valence-corrected chi connectivity index (χ0v) is 11.7. The number of hydrogen-bond acceptors (Lipinski definition) is 1. The van der Waals surface area contributed by atoms with Crippen molar-refractivity contribution in [3.8, 4) is 0 Å². The van der Waals surface area contributed by atoms with Crippen molar-refractivity contribution in [1.82, 2.24) is 0 Å². The summed E-state index contributed by atoms with van der Waals surface area (Å²) < 4.78 is 0. The third-order valence-electron chi connectivity index (χ3n) is 4.85. The van der Waals surface area contributed by atoms with Crippen LogP contribution in [0.15, 0.2) is 42.5 Å². The molecule has 0 spiro atoms. The molecule has 1 N–H and O–H groups in total. The van der Waals surface area contributed by atoms with E-state index in [0.29, 0.717) is 0 Å². The first-order valence-electron chi connectivity index (χ1n) is 7.62. The van der Waals surface area contributed by atoms with Gasteiger partial charge in [-0.05, 0) is 47.1 Å². The summed E-state index contributed by atoms with van der Waals surface area (Å²) in [5.41, 5.74) is 6.35. The van der Waals surface area contributed by atoms with Crippen LogP contribution in [-0.2, 0) is 32.1 Å². The minimum Gasteiger partial charge on any atom is -0.389 e. The van der Waals surface area contributed by atoms with Crippen LogP contribution >= 0.6 is 0 Å². The zero-order valence-electron chi connectivity index (χ0n) is 11.7. The second-order valence-electron chi connectivity index (χ2n) is 6.48. The van der Waals surface area contributed by atoms with Crippen LogP contribution in [0.4, 0.5) is 0 Å². The van der Waals surface area contributed by atoms with E-state index < -0.39 is 5.60 Å². The van der Waals surface area contributed by atoms with Gasteiger partial charge in [-0.2, -0.15) is 0 Å². The van der Waals surface area contributed by atoms with Gasteiger partial charge in [-0.15, -0.1) is 0 Å². The van der Waals surface area contributed by atoms with Gasteiger partial charge in [0.15, 0.2) is 0 Å². The summed E-state index contributed by atoms with van der Waals surface area (Å²) in [6, 6.07) is 15.2. The molecule has 0 aliphatic heterocycles.